The lowest BCUT2D eigenvalue weighted by molar-refractivity contribution is 0.363. The van der Waals surface area contributed by atoms with E-state index in [9.17, 15) is 0 Å². The lowest BCUT2D eigenvalue weighted by Crippen LogP contribution is -2.43. The number of rotatable bonds is 5. The van der Waals surface area contributed by atoms with E-state index in [1.165, 1.54) is 0 Å². The Bertz CT molecular complexity index is 594. The number of ether oxygens (including phenoxy) is 1. The summed E-state index contributed by atoms with van der Waals surface area (Å²) in [5.74, 6) is 1.39. The van der Waals surface area contributed by atoms with Crippen LogP contribution >= 0.6 is 12.4 Å². The fourth-order valence-corrected chi connectivity index (χ4v) is 2.17. The van der Waals surface area contributed by atoms with E-state index < -0.39 is 0 Å². The summed E-state index contributed by atoms with van der Waals surface area (Å²) in [5, 5.41) is 7.34. The van der Waals surface area contributed by atoms with E-state index in [0.717, 1.165) is 37.5 Å². The van der Waals surface area contributed by atoms with Crippen LogP contribution < -0.4 is 15.0 Å². The maximum absolute atomic E-state index is 5.45. The van der Waals surface area contributed by atoms with Crippen molar-refractivity contribution in [2.75, 3.05) is 37.7 Å². The Hall–Kier alpha value is -2.05. The minimum Gasteiger partial charge on any atom is -0.490 e. The monoisotopic (exact) mass is 322 g/mol. The molecule has 118 valence electrons. The molecular weight excluding hydrogens is 304 g/mol. The third-order valence-corrected chi connectivity index (χ3v) is 3.28. The molecule has 0 unspecified atom stereocenters. The van der Waals surface area contributed by atoms with Gasteiger partial charge in [0.25, 0.3) is 0 Å². The number of hydrogen-bond acceptors (Lipinski definition) is 6. The van der Waals surface area contributed by atoms with Gasteiger partial charge in [0.05, 0.1) is 0 Å². The summed E-state index contributed by atoms with van der Waals surface area (Å²) in [6.45, 7) is 7.76. The first kappa shape index (κ1) is 16.3. The molecule has 0 atom stereocenters. The minimum absolute atomic E-state index is 0. The van der Waals surface area contributed by atoms with E-state index >= 15 is 0 Å². The van der Waals surface area contributed by atoms with Crippen LogP contribution in [0.5, 0.6) is 5.75 Å². The van der Waals surface area contributed by atoms with Crippen LogP contribution in [0.25, 0.3) is 11.4 Å². The van der Waals surface area contributed by atoms with Crippen molar-refractivity contribution in [2.45, 2.75) is 0 Å². The van der Waals surface area contributed by atoms with Crippen molar-refractivity contribution in [3.8, 4) is 17.1 Å². The van der Waals surface area contributed by atoms with Crippen molar-refractivity contribution in [1.82, 2.24) is 15.5 Å². The van der Waals surface area contributed by atoms with Gasteiger partial charge in [-0.2, -0.15) is 4.98 Å². The molecule has 0 spiro atoms. The van der Waals surface area contributed by atoms with Gasteiger partial charge in [-0.05, 0) is 24.3 Å². The molecule has 1 aromatic carbocycles. The second-order valence-corrected chi connectivity index (χ2v) is 4.76. The normalized spacial score (nSPS) is 14.3. The molecule has 1 fully saturated rings. The predicted molar refractivity (Wildman–Crippen MR) is 87.8 cm³/mol. The average Bonchev–Trinajstić information content (AvgIpc) is 3.04. The Labute approximate surface area is 135 Å². The molecule has 2 heterocycles. The van der Waals surface area contributed by atoms with Gasteiger partial charge in [-0.25, -0.2) is 0 Å². The van der Waals surface area contributed by atoms with Gasteiger partial charge in [-0.15, -0.1) is 12.4 Å². The number of benzene rings is 1. The van der Waals surface area contributed by atoms with Crippen LogP contribution in [0.3, 0.4) is 0 Å². The lowest BCUT2D eigenvalue weighted by atomic mass is 10.2. The third kappa shape index (κ3) is 3.78. The largest absolute Gasteiger partial charge is 0.490 e. The first-order valence-corrected chi connectivity index (χ1v) is 7.00. The molecule has 0 amide bonds. The number of nitrogens with zero attached hydrogens (tertiary/aromatic N) is 3. The maximum Gasteiger partial charge on any atom is 0.324 e. The zero-order chi connectivity index (χ0) is 14.5. The Balaban J connectivity index is 0.00000176. The van der Waals surface area contributed by atoms with E-state index in [0.29, 0.717) is 18.4 Å². The molecule has 6 nitrogen and oxygen atoms in total. The second kappa shape index (κ2) is 7.82. The van der Waals surface area contributed by atoms with Crippen molar-refractivity contribution in [1.29, 1.82) is 0 Å². The smallest absolute Gasteiger partial charge is 0.324 e. The zero-order valence-electron chi connectivity index (χ0n) is 12.2. The molecule has 1 N–H and O–H groups in total. The Morgan fingerprint density at radius 3 is 2.68 bits per heavy atom. The zero-order valence-corrected chi connectivity index (χ0v) is 13.0. The summed E-state index contributed by atoms with van der Waals surface area (Å²) >= 11 is 0. The van der Waals surface area contributed by atoms with Crippen molar-refractivity contribution in [3.05, 3.63) is 36.9 Å². The highest BCUT2D eigenvalue weighted by Crippen LogP contribution is 2.22. The fourth-order valence-electron chi connectivity index (χ4n) is 2.17. The number of hydrogen-bond donors (Lipinski definition) is 1. The minimum atomic E-state index is 0. The first-order chi connectivity index (χ1) is 10.4. The number of anilines is 1. The lowest BCUT2D eigenvalue weighted by Gasteiger charge is -2.24. The van der Waals surface area contributed by atoms with Crippen LogP contribution in [0.4, 0.5) is 6.01 Å². The molecule has 1 aliphatic rings. The number of nitrogens with one attached hydrogen (secondary N) is 1. The van der Waals surface area contributed by atoms with Gasteiger partial charge in [-0.3, -0.25) is 0 Å². The van der Waals surface area contributed by atoms with Gasteiger partial charge in [0, 0.05) is 31.7 Å². The summed E-state index contributed by atoms with van der Waals surface area (Å²) in [6.07, 6.45) is 1.72. The van der Waals surface area contributed by atoms with Gasteiger partial charge >= 0.3 is 6.01 Å². The molecule has 1 aromatic heterocycles. The van der Waals surface area contributed by atoms with Crippen LogP contribution in [0.2, 0.25) is 0 Å². The molecule has 0 bridgehead atoms. The van der Waals surface area contributed by atoms with Crippen molar-refractivity contribution in [2.24, 2.45) is 0 Å². The van der Waals surface area contributed by atoms with Gasteiger partial charge < -0.3 is 19.5 Å². The SMILES string of the molecule is C=CCOc1ccc(-c2noc(N3CCNCC3)n2)cc1.Cl. The van der Waals surface area contributed by atoms with Gasteiger partial charge in [-0.1, -0.05) is 17.8 Å². The topological polar surface area (TPSA) is 63.4 Å². The molecular formula is C15H19ClN4O2. The van der Waals surface area contributed by atoms with E-state index in [1.807, 2.05) is 24.3 Å². The summed E-state index contributed by atoms with van der Waals surface area (Å²) in [4.78, 5) is 6.55. The van der Waals surface area contributed by atoms with Crippen molar-refractivity contribution < 1.29 is 9.26 Å². The summed E-state index contributed by atoms with van der Waals surface area (Å²) in [6, 6.07) is 8.20. The number of halogens is 1. The maximum atomic E-state index is 5.45. The average molecular weight is 323 g/mol. The van der Waals surface area contributed by atoms with E-state index in [-0.39, 0.29) is 12.4 Å². The van der Waals surface area contributed by atoms with Crippen LogP contribution in [0, 0.1) is 0 Å². The molecule has 22 heavy (non-hydrogen) atoms. The summed E-state index contributed by atoms with van der Waals surface area (Å²) < 4.78 is 10.8. The molecule has 3 rings (SSSR count). The number of aromatic nitrogens is 2. The van der Waals surface area contributed by atoms with Crippen molar-refractivity contribution >= 4 is 18.4 Å². The highest BCUT2D eigenvalue weighted by Gasteiger charge is 2.17. The Kier molecular flexibility index (Phi) is 5.80. The molecule has 7 heteroatoms. The van der Waals surface area contributed by atoms with Crippen LogP contribution in [-0.2, 0) is 0 Å². The molecule has 2 aromatic rings. The number of piperazine rings is 1. The molecule has 0 aliphatic carbocycles. The molecule has 0 radical (unpaired) electrons. The fraction of sp³-hybridized carbons (Fsp3) is 0.333. The quantitative estimate of drug-likeness (QED) is 0.851. The third-order valence-electron chi connectivity index (χ3n) is 3.28. The second-order valence-electron chi connectivity index (χ2n) is 4.76. The van der Waals surface area contributed by atoms with E-state index in [4.69, 9.17) is 9.26 Å². The molecule has 0 saturated carbocycles. The first-order valence-electron chi connectivity index (χ1n) is 7.00. The van der Waals surface area contributed by atoms with Gasteiger partial charge in [0.2, 0.25) is 5.82 Å². The highest BCUT2D eigenvalue weighted by molar-refractivity contribution is 5.85. The molecule has 1 aliphatic heterocycles. The van der Waals surface area contributed by atoms with Crippen LogP contribution in [0.1, 0.15) is 0 Å². The Morgan fingerprint density at radius 1 is 1.27 bits per heavy atom. The molecule has 1 saturated heterocycles. The van der Waals surface area contributed by atoms with Crippen LogP contribution in [0.15, 0.2) is 41.4 Å². The van der Waals surface area contributed by atoms with Crippen LogP contribution in [-0.4, -0.2) is 42.9 Å². The van der Waals surface area contributed by atoms with Gasteiger partial charge in [0.15, 0.2) is 0 Å². The summed E-state index contributed by atoms with van der Waals surface area (Å²) in [7, 11) is 0. The predicted octanol–water partition coefficient (Wildman–Crippen LogP) is 2.13. The van der Waals surface area contributed by atoms with Crippen molar-refractivity contribution in [3.63, 3.8) is 0 Å². The Morgan fingerprint density at radius 2 is 2.00 bits per heavy atom. The highest BCUT2D eigenvalue weighted by atomic mass is 35.5. The van der Waals surface area contributed by atoms with Gasteiger partial charge in [0.1, 0.15) is 12.4 Å². The van der Waals surface area contributed by atoms with E-state index in [1.54, 1.807) is 6.08 Å². The van der Waals surface area contributed by atoms with E-state index in [2.05, 4.69) is 26.9 Å². The standard InChI is InChI=1S/C15H18N4O2.ClH/c1-2-11-20-13-5-3-12(4-6-13)14-17-15(21-18-14)19-9-7-16-8-10-19;/h2-6,16H,1,7-11H2;1H. The summed E-state index contributed by atoms with van der Waals surface area (Å²) in [5.41, 5.74) is 0.908.